The molecule has 20 heavy (non-hydrogen) atoms. The molecule has 1 heterocycles. The number of hydrogen-bond donors (Lipinski definition) is 1. The molecule has 0 saturated carbocycles. The summed E-state index contributed by atoms with van der Waals surface area (Å²) >= 11 is 4.02. The lowest BCUT2D eigenvalue weighted by Crippen LogP contribution is -2.45. The van der Waals surface area contributed by atoms with Crippen molar-refractivity contribution in [2.75, 3.05) is 6.54 Å². The van der Waals surface area contributed by atoms with Gasteiger partial charge in [-0.15, -0.1) is 11.3 Å². The van der Waals surface area contributed by atoms with Gasteiger partial charge in [0.25, 0.3) is 0 Å². The molecule has 1 aromatic rings. The van der Waals surface area contributed by atoms with Crippen molar-refractivity contribution in [3.8, 4) is 0 Å². The van der Waals surface area contributed by atoms with E-state index in [1.807, 2.05) is 0 Å². The Bertz CT molecular complexity index is 419. The molecule has 1 rings (SSSR count). The van der Waals surface area contributed by atoms with Crippen molar-refractivity contribution in [2.24, 2.45) is 5.92 Å². The van der Waals surface area contributed by atoms with Gasteiger partial charge in [0.05, 0.1) is 6.04 Å². The van der Waals surface area contributed by atoms with E-state index in [4.69, 9.17) is 0 Å². The summed E-state index contributed by atoms with van der Waals surface area (Å²) in [6.07, 6.45) is -10.7. The second-order valence-corrected chi connectivity index (χ2v) is 6.29. The Labute approximate surface area is 124 Å². The highest BCUT2D eigenvalue weighted by molar-refractivity contribution is 9.10. The molecular weight excluding hydrogens is 372 g/mol. The van der Waals surface area contributed by atoms with E-state index in [9.17, 15) is 26.3 Å². The largest absolute Gasteiger partial charge is 0.402 e. The van der Waals surface area contributed by atoms with E-state index < -0.39 is 24.3 Å². The van der Waals surface area contributed by atoms with Crippen LogP contribution < -0.4 is 5.32 Å². The van der Waals surface area contributed by atoms with Gasteiger partial charge in [0.2, 0.25) is 0 Å². The van der Waals surface area contributed by atoms with Crippen molar-refractivity contribution in [3.05, 3.63) is 20.3 Å². The van der Waals surface area contributed by atoms with E-state index in [0.29, 0.717) is 9.35 Å². The van der Waals surface area contributed by atoms with E-state index in [1.54, 1.807) is 6.92 Å². The van der Waals surface area contributed by atoms with Gasteiger partial charge in [-0.2, -0.15) is 26.3 Å². The summed E-state index contributed by atoms with van der Waals surface area (Å²) in [4.78, 5) is 0.641. The summed E-state index contributed by atoms with van der Waals surface area (Å²) in [7, 11) is 0. The molecule has 0 aliphatic carbocycles. The predicted octanol–water partition coefficient (Wildman–Crippen LogP) is 5.21. The third kappa shape index (κ3) is 4.11. The zero-order valence-electron chi connectivity index (χ0n) is 10.5. The van der Waals surface area contributed by atoms with Crippen molar-refractivity contribution in [3.63, 3.8) is 0 Å². The fourth-order valence-electron chi connectivity index (χ4n) is 1.80. The predicted molar refractivity (Wildman–Crippen MR) is 68.8 cm³/mol. The van der Waals surface area contributed by atoms with Crippen molar-refractivity contribution < 1.29 is 26.3 Å². The fourth-order valence-corrected chi connectivity index (χ4v) is 3.48. The van der Waals surface area contributed by atoms with E-state index in [-0.39, 0.29) is 11.4 Å². The zero-order chi connectivity index (χ0) is 15.7. The maximum atomic E-state index is 12.8. The number of nitrogens with one attached hydrogen (secondary N) is 1. The summed E-state index contributed by atoms with van der Waals surface area (Å²) in [6.45, 7) is 3.09. The summed E-state index contributed by atoms with van der Waals surface area (Å²) in [6, 6.07) is -0.535. The van der Waals surface area contributed by atoms with Crippen molar-refractivity contribution in [1.82, 2.24) is 5.32 Å². The van der Waals surface area contributed by atoms with Crippen LogP contribution in [-0.4, -0.2) is 18.9 Å². The quantitative estimate of drug-likeness (QED) is 0.703. The Morgan fingerprint density at radius 1 is 1.20 bits per heavy atom. The molecule has 0 fully saturated rings. The molecular formula is C11H12BrF6NS. The van der Waals surface area contributed by atoms with Gasteiger partial charge in [-0.25, -0.2) is 0 Å². The Morgan fingerprint density at radius 3 is 2.00 bits per heavy atom. The molecule has 116 valence electrons. The third-order valence-electron chi connectivity index (χ3n) is 2.65. The van der Waals surface area contributed by atoms with Crippen molar-refractivity contribution >= 4 is 27.3 Å². The minimum atomic E-state index is -5.37. The second-order valence-electron chi connectivity index (χ2n) is 4.15. The lowest BCUT2D eigenvalue weighted by molar-refractivity contribution is -0.292. The smallest absolute Gasteiger partial charge is 0.309 e. The lowest BCUT2D eigenvalue weighted by atomic mass is 9.96. The molecule has 0 aromatic carbocycles. The normalized spacial score (nSPS) is 14.9. The SMILES string of the molecule is CCNC(c1cc(Br)c(C)s1)C(C(F)(F)F)C(F)(F)F. The minimum Gasteiger partial charge on any atom is -0.309 e. The first-order valence-electron chi connectivity index (χ1n) is 5.61. The van der Waals surface area contributed by atoms with Crippen LogP contribution >= 0.6 is 27.3 Å². The monoisotopic (exact) mass is 383 g/mol. The fraction of sp³-hybridized carbons (Fsp3) is 0.636. The number of halogens is 7. The third-order valence-corrected chi connectivity index (χ3v) is 4.87. The minimum absolute atomic E-state index is 0.00188. The molecule has 1 atom stereocenters. The highest BCUT2D eigenvalue weighted by Crippen LogP contribution is 2.48. The van der Waals surface area contributed by atoms with Gasteiger partial charge >= 0.3 is 12.4 Å². The van der Waals surface area contributed by atoms with Crippen LogP contribution in [0.2, 0.25) is 0 Å². The topological polar surface area (TPSA) is 12.0 Å². The Hall–Kier alpha value is -0.280. The molecule has 0 bridgehead atoms. The zero-order valence-corrected chi connectivity index (χ0v) is 12.9. The first kappa shape index (κ1) is 17.8. The molecule has 1 aromatic heterocycles. The van der Waals surface area contributed by atoms with Crippen LogP contribution in [0.15, 0.2) is 10.5 Å². The molecule has 0 aliphatic heterocycles. The van der Waals surface area contributed by atoms with Crippen LogP contribution in [0.5, 0.6) is 0 Å². The molecule has 1 unspecified atom stereocenters. The van der Waals surface area contributed by atoms with Crippen molar-refractivity contribution in [1.29, 1.82) is 0 Å². The van der Waals surface area contributed by atoms with E-state index in [1.165, 1.54) is 13.0 Å². The molecule has 0 radical (unpaired) electrons. The van der Waals surface area contributed by atoms with E-state index in [2.05, 4.69) is 21.2 Å². The summed E-state index contributed by atoms with van der Waals surface area (Å²) < 4.78 is 77.4. The maximum absolute atomic E-state index is 12.8. The number of alkyl halides is 6. The van der Waals surface area contributed by atoms with E-state index >= 15 is 0 Å². The molecule has 9 heteroatoms. The molecule has 0 spiro atoms. The van der Waals surface area contributed by atoms with Gasteiger partial charge in [0.1, 0.15) is 0 Å². The number of thiophene rings is 1. The number of hydrogen-bond acceptors (Lipinski definition) is 2. The van der Waals surface area contributed by atoms with E-state index in [0.717, 1.165) is 11.3 Å². The molecule has 0 saturated heterocycles. The number of rotatable bonds is 4. The van der Waals surface area contributed by atoms with Crippen LogP contribution in [0.1, 0.15) is 22.7 Å². The van der Waals surface area contributed by atoms with Gasteiger partial charge in [-0.1, -0.05) is 6.92 Å². The Kier molecular flexibility index (Phi) is 5.53. The molecule has 1 nitrogen and oxygen atoms in total. The van der Waals surface area contributed by atoms with Gasteiger partial charge in [-0.05, 0) is 35.5 Å². The molecule has 0 amide bonds. The van der Waals surface area contributed by atoms with Crippen LogP contribution in [0, 0.1) is 12.8 Å². The summed E-state index contributed by atoms with van der Waals surface area (Å²) in [5.41, 5.74) is 0. The highest BCUT2D eigenvalue weighted by atomic mass is 79.9. The average Bonchev–Trinajstić information content (AvgIpc) is 2.54. The standard InChI is InChI=1S/C11H12BrF6NS/c1-3-19-8(7-4-6(12)5(2)20-7)9(10(13,14)15)11(16,17)18/h4,8-9,19H,3H2,1-2H3. The summed E-state index contributed by atoms with van der Waals surface area (Å²) in [5, 5.41) is 2.30. The first-order chi connectivity index (χ1) is 8.98. The molecule has 1 N–H and O–H groups in total. The second kappa shape index (κ2) is 6.23. The van der Waals surface area contributed by atoms with Crippen molar-refractivity contribution in [2.45, 2.75) is 32.2 Å². The van der Waals surface area contributed by atoms with Gasteiger partial charge < -0.3 is 5.32 Å². The van der Waals surface area contributed by atoms with Gasteiger partial charge in [0, 0.05) is 14.2 Å². The highest BCUT2D eigenvalue weighted by Gasteiger charge is 2.60. The van der Waals surface area contributed by atoms with Crippen LogP contribution in [0.3, 0.4) is 0 Å². The average molecular weight is 384 g/mol. The van der Waals surface area contributed by atoms with Crippen LogP contribution in [-0.2, 0) is 0 Å². The van der Waals surface area contributed by atoms with Gasteiger partial charge in [0.15, 0.2) is 5.92 Å². The number of aryl methyl sites for hydroxylation is 1. The molecule has 0 aliphatic rings. The Morgan fingerprint density at radius 2 is 1.70 bits per heavy atom. The summed E-state index contributed by atoms with van der Waals surface area (Å²) in [5.74, 6) is -3.43. The van der Waals surface area contributed by atoms with Crippen LogP contribution in [0.4, 0.5) is 26.3 Å². The first-order valence-corrected chi connectivity index (χ1v) is 7.22. The van der Waals surface area contributed by atoms with Gasteiger partial charge in [-0.3, -0.25) is 0 Å². The maximum Gasteiger partial charge on any atom is 0.402 e. The van der Waals surface area contributed by atoms with Crippen LogP contribution in [0.25, 0.3) is 0 Å². The Balaban J connectivity index is 3.28. The lowest BCUT2D eigenvalue weighted by Gasteiger charge is -2.30.